The Morgan fingerprint density at radius 3 is 2.50 bits per heavy atom. The van der Waals surface area contributed by atoms with Crippen LogP contribution < -0.4 is 24.0 Å². The van der Waals surface area contributed by atoms with Gasteiger partial charge in [-0.05, 0) is 17.6 Å². The molecule has 92 valence electrons. The van der Waals surface area contributed by atoms with Crippen LogP contribution in [0, 0.1) is 5.92 Å². The molecule has 0 radical (unpaired) electrons. The molecule has 0 bridgehead atoms. The fourth-order valence-electron chi connectivity index (χ4n) is 1.27. The average molecular weight is 238 g/mol. The van der Waals surface area contributed by atoms with E-state index in [0.717, 1.165) is 5.56 Å². The van der Waals surface area contributed by atoms with E-state index in [0.29, 0.717) is 12.5 Å². The van der Waals surface area contributed by atoms with Crippen molar-refractivity contribution in [3.63, 3.8) is 0 Å². The summed E-state index contributed by atoms with van der Waals surface area (Å²) in [6, 6.07) is 9.83. The average Bonchev–Trinajstić information content (AvgIpc) is 2.30. The first kappa shape index (κ1) is 17.3. The van der Waals surface area contributed by atoms with Crippen molar-refractivity contribution in [3.05, 3.63) is 53.8 Å². The zero-order valence-electron chi connectivity index (χ0n) is 11.4. The minimum Gasteiger partial charge on any atom is -0.847 e. The maximum absolute atomic E-state index is 11.4. The SMILES string of the molecule is CC(C)C=C=C[C@H]([O-])COCc1ccccc1.[Li+]. The second-order valence-corrected chi connectivity index (χ2v) is 4.28. The molecule has 1 rings (SSSR count). The van der Waals surface area contributed by atoms with E-state index >= 15 is 0 Å². The Bertz CT molecular complexity index is 367. The number of rotatable bonds is 6. The van der Waals surface area contributed by atoms with Crippen molar-refractivity contribution in [2.24, 2.45) is 5.92 Å². The summed E-state index contributed by atoms with van der Waals surface area (Å²) < 4.78 is 5.34. The third-order valence-corrected chi connectivity index (χ3v) is 2.11. The van der Waals surface area contributed by atoms with Crippen LogP contribution in [0.3, 0.4) is 0 Å². The van der Waals surface area contributed by atoms with Gasteiger partial charge in [0.1, 0.15) is 0 Å². The van der Waals surface area contributed by atoms with E-state index in [1.807, 2.05) is 50.3 Å². The Kier molecular flexibility index (Phi) is 9.78. The van der Waals surface area contributed by atoms with Gasteiger partial charge in [0.25, 0.3) is 0 Å². The molecule has 0 unspecified atom stereocenters. The Hall–Kier alpha value is -0.743. The first-order valence-corrected chi connectivity index (χ1v) is 5.88. The van der Waals surface area contributed by atoms with Gasteiger partial charge in [-0.2, -0.15) is 0 Å². The van der Waals surface area contributed by atoms with Crippen LogP contribution in [0.5, 0.6) is 0 Å². The van der Waals surface area contributed by atoms with Gasteiger partial charge in [-0.1, -0.05) is 56.4 Å². The normalized spacial score (nSPS) is 11.3. The van der Waals surface area contributed by atoms with Crippen LogP contribution in [0.1, 0.15) is 19.4 Å². The fraction of sp³-hybridized carbons (Fsp3) is 0.400. The van der Waals surface area contributed by atoms with Crippen molar-refractivity contribution in [2.75, 3.05) is 6.61 Å². The van der Waals surface area contributed by atoms with Gasteiger partial charge >= 0.3 is 18.9 Å². The molecule has 18 heavy (non-hydrogen) atoms. The fourth-order valence-corrected chi connectivity index (χ4v) is 1.27. The van der Waals surface area contributed by atoms with Crippen LogP contribution in [0.2, 0.25) is 0 Å². The van der Waals surface area contributed by atoms with Gasteiger partial charge in [-0.25, -0.2) is 0 Å². The van der Waals surface area contributed by atoms with Crippen LogP contribution in [0.15, 0.2) is 48.2 Å². The van der Waals surface area contributed by atoms with Crippen LogP contribution in [-0.2, 0) is 11.3 Å². The van der Waals surface area contributed by atoms with E-state index in [-0.39, 0.29) is 25.5 Å². The van der Waals surface area contributed by atoms with E-state index in [2.05, 4.69) is 5.73 Å². The molecule has 0 aliphatic rings. The van der Waals surface area contributed by atoms with E-state index < -0.39 is 6.10 Å². The summed E-state index contributed by atoms with van der Waals surface area (Å²) >= 11 is 0. The van der Waals surface area contributed by atoms with E-state index in [4.69, 9.17) is 4.74 Å². The Labute approximate surface area is 122 Å². The first-order valence-electron chi connectivity index (χ1n) is 5.88. The number of hydrogen-bond acceptors (Lipinski definition) is 2. The largest absolute Gasteiger partial charge is 1.00 e. The Balaban J connectivity index is 0.00000289. The van der Waals surface area contributed by atoms with Crippen LogP contribution in [0.25, 0.3) is 0 Å². The third-order valence-electron chi connectivity index (χ3n) is 2.11. The molecule has 0 saturated heterocycles. The summed E-state index contributed by atoms with van der Waals surface area (Å²) in [4.78, 5) is 0. The number of hydrogen-bond donors (Lipinski definition) is 0. The van der Waals surface area contributed by atoms with Gasteiger partial charge < -0.3 is 9.84 Å². The van der Waals surface area contributed by atoms with Crippen molar-refractivity contribution in [3.8, 4) is 0 Å². The standard InChI is InChI=1S/C15H19O2.Li/c1-13(2)7-6-10-15(16)12-17-11-14-8-4-3-5-9-14;/h3-5,7-10,13,15H,11-12H2,1-2H3;/q-1;+1/t6?,15-;/m0./s1. The molecule has 0 heterocycles. The Morgan fingerprint density at radius 1 is 1.22 bits per heavy atom. The summed E-state index contributed by atoms with van der Waals surface area (Å²) in [6.45, 7) is 4.77. The van der Waals surface area contributed by atoms with Crippen molar-refractivity contribution in [2.45, 2.75) is 26.6 Å². The number of benzene rings is 1. The van der Waals surface area contributed by atoms with Gasteiger partial charge in [-0.15, -0.1) is 5.73 Å². The molecule has 0 aliphatic carbocycles. The van der Waals surface area contributed by atoms with Gasteiger partial charge in [0, 0.05) is 6.61 Å². The predicted octanol–water partition coefficient (Wildman–Crippen LogP) is -0.697. The molecule has 0 spiro atoms. The van der Waals surface area contributed by atoms with Crippen LogP contribution >= 0.6 is 0 Å². The minimum absolute atomic E-state index is 0. The summed E-state index contributed by atoms with van der Waals surface area (Å²) in [5.41, 5.74) is 3.98. The van der Waals surface area contributed by atoms with Gasteiger partial charge in [-0.3, -0.25) is 0 Å². The molecular weight excluding hydrogens is 219 g/mol. The molecule has 1 aromatic rings. The Morgan fingerprint density at radius 2 is 1.89 bits per heavy atom. The molecule has 3 heteroatoms. The van der Waals surface area contributed by atoms with Gasteiger partial charge in [0.2, 0.25) is 0 Å². The van der Waals surface area contributed by atoms with Crippen molar-refractivity contribution < 1.29 is 28.7 Å². The second-order valence-electron chi connectivity index (χ2n) is 4.28. The maximum Gasteiger partial charge on any atom is 1.00 e. The zero-order valence-corrected chi connectivity index (χ0v) is 11.4. The van der Waals surface area contributed by atoms with Crippen LogP contribution in [-0.4, -0.2) is 12.7 Å². The second kappa shape index (κ2) is 10.2. The van der Waals surface area contributed by atoms with Gasteiger partial charge in [0.15, 0.2) is 0 Å². The molecule has 0 saturated carbocycles. The van der Waals surface area contributed by atoms with E-state index in [9.17, 15) is 5.11 Å². The minimum atomic E-state index is -0.839. The smallest absolute Gasteiger partial charge is 0.847 e. The summed E-state index contributed by atoms with van der Waals surface area (Å²) in [5.74, 6) is 0.420. The molecular formula is C15H19LiO2. The quantitative estimate of drug-likeness (QED) is 0.485. The van der Waals surface area contributed by atoms with Crippen LogP contribution in [0.4, 0.5) is 0 Å². The first-order chi connectivity index (χ1) is 8.18. The number of ether oxygens (including phenoxy) is 1. The molecule has 1 aromatic carbocycles. The molecule has 0 aromatic heterocycles. The summed E-state index contributed by atoms with van der Waals surface area (Å²) in [5, 5.41) is 11.4. The van der Waals surface area contributed by atoms with Crippen molar-refractivity contribution >= 4 is 0 Å². The monoisotopic (exact) mass is 238 g/mol. The van der Waals surface area contributed by atoms with E-state index in [1.54, 1.807) is 0 Å². The third kappa shape index (κ3) is 8.36. The molecule has 0 fully saturated rings. The summed E-state index contributed by atoms with van der Waals surface area (Å²) in [6.07, 6.45) is 2.56. The predicted molar refractivity (Wildman–Crippen MR) is 67.4 cm³/mol. The molecule has 2 nitrogen and oxygen atoms in total. The van der Waals surface area contributed by atoms with Gasteiger partial charge in [0.05, 0.1) is 6.61 Å². The molecule has 0 N–H and O–H groups in total. The summed E-state index contributed by atoms with van der Waals surface area (Å²) in [7, 11) is 0. The maximum atomic E-state index is 11.4. The molecule has 0 aliphatic heterocycles. The molecule has 0 amide bonds. The topological polar surface area (TPSA) is 32.3 Å². The molecule has 1 atom stereocenters. The van der Waals surface area contributed by atoms with E-state index in [1.165, 1.54) is 6.08 Å². The van der Waals surface area contributed by atoms with Crippen molar-refractivity contribution in [1.29, 1.82) is 0 Å². The zero-order chi connectivity index (χ0) is 12.5. The van der Waals surface area contributed by atoms with Crippen molar-refractivity contribution in [1.82, 2.24) is 0 Å².